The van der Waals surface area contributed by atoms with Gasteiger partial charge in [-0.15, -0.1) is 0 Å². The van der Waals surface area contributed by atoms with Gasteiger partial charge >= 0.3 is 0 Å². The van der Waals surface area contributed by atoms with Crippen molar-refractivity contribution in [1.82, 2.24) is 10.2 Å². The summed E-state index contributed by atoms with van der Waals surface area (Å²) in [5.74, 6) is -0.565. The van der Waals surface area contributed by atoms with Gasteiger partial charge in [0.05, 0.1) is 0 Å². The molecule has 0 aliphatic carbocycles. The van der Waals surface area contributed by atoms with Gasteiger partial charge in [-0.1, -0.05) is 11.6 Å². The predicted molar refractivity (Wildman–Crippen MR) is 67.1 cm³/mol. The highest BCUT2D eigenvalue weighted by Gasteiger charge is 2.18. The van der Waals surface area contributed by atoms with Crippen LogP contribution in [0.1, 0.15) is 17.3 Å². The van der Waals surface area contributed by atoms with Gasteiger partial charge in [0.25, 0.3) is 5.91 Å². The lowest BCUT2D eigenvalue weighted by atomic mass is 10.2. The molecule has 0 unspecified atom stereocenters. The number of imide groups is 1. The van der Waals surface area contributed by atoms with E-state index in [1.807, 2.05) is 0 Å². The van der Waals surface area contributed by atoms with Crippen molar-refractivity contribution < 1.29 is 9.59 Å². The highest BCUT2D eigenvalue weighted by atomic mass is 35.5. The van der Waals surface area contributed by atoms with E-state index in [1.165, 1.54) is 11.8 Å². The van der Waals surface area contributed by atoms with Crippen molar-refractivity contribution in [3.8, 4) is 0 Å². The summed E-state index contributed by atoms with van der Waals surface area (Å²) >= 11 is 5.74. The Morgan fingerprint density at radius 2 is 1.88 bits per heavy atom. The molecular weight excluding hydrogens is 240 g/mol. The summed E-state index contributed by atoms with van der Waals surface area (Å²) < 4.78 is 0. The maximum atomic E-state index is 12.0. The molecule has 0 saturated heterocycles. The Kier molecular flexibility index (Phi) is 5.12. The number of nitrogens with zero attached hydrogens (tertiary/aromatic N) is 1. The maximum Gasteiger partial charge on any atom is 0.260 e. The number of carbonyl (C=O) groups excluding carboxylic acids is 2. The normalized spacial score (nSPS) is 10.1. The molecule has 0 bridgehead atoms. The number of rotatable bonds is 4. The van der Waals surface area contributed by atoms with E-state index in [0.717, 1.165) is 0 Å². The van der Waals surface area contributed by atoms with Crippen LogP contribution >= 0.6 is 11.6 Å². The molecule has 92 valence electrons. The van der Waals surface area contributed by atoms with Crippen molar-refractivity contribution in [1.29, 1.82) is 0 Å². The number of halogens is 1. The molecule has 0 heterocycles. The van der Waals surface area contributed by atoms with E-state index in [4.69, 9.17) is 11.6 Å². The van der Waals surface area contributed by atoms with E-state index in [2.05, 4.69) is 5.32 Å². The van der Waals surface area contributed by atoms with Gasteiger partial charge in [0.2, 0.25) is 5.91 Å². The summed E-state index contributed by atoms with van der Waals surface area (Å²) in [4.78, 5) is 24.6. The van der Waals surface area contributed by atoms with Crippen LogP contribution in [0.5, 0.6) is 0 Å². The van der Waals surface area contributed by atoms with Crippen LogP contribution in [-0.2, 0) is 4.79 Å². The second kappa shape index (κ2) is 6.37. The quantitative estimate of drug-likeness (QED) is 0.887. The molecule has 0 saturated carbocycles. The lowest BCUT2D eigenvalue weighted by Gasteiger charge is -2.18. The van der Waals surface area contributed by atoms with Crippen LogP contribution < -0.4 is 5.32 Å². The third kappa shape index (κ3) is 3.84. The molecule has 0 aliphatic heterocycles. The Morgan fingerprint density at radius 3 is 2.35 bits per heavy atom. The van der Waals surface area contributed by atoms with Crippen molar-refractivity contribution in [2.45, 2.75) is 6.92 Å². The van der Waals surface area contributed by atoms with E-state index in [0.29, 0.717) is 23.7 Å². The first-order valence-electron chi connectivity index (χ1n) is 5.29. The monoisotopic (exact) mass is 254 g/mol. The van der Waals surface area contributed by atoms with Gasteiger partial charge in [0, 0.05) is 30.6 Å². The molecule has 0 spiro atoms. The number of hydrogen-bond acceptors (Lipinski definition) is 3. The predicted octanol–water partition coefficient (Wildman–Crippen LogP) is 1.55. The smallest absolute Gasteiger partial charge is 0.260 e. The molecule has 5 heteroatoms. The molecule has 0 aliphatic rings. The highest BCUT2D eigenvalue weighted by Crippen LogP contribution is 2.11. The Labute approximate surface area is 106 Å². The molecule has 17 heavy (non-hydrogen) atoms. The largest absolute Gasteiger partial charge is 0.318 e. The summed E-state index contributed by atoms with van der Waals surface area (Å²) in [7, 11) is 1.77. The first-order chi connectivity index (χ1) is 8.06. The molecule has 4 nitrogen and oxygen atoms in total. The van der Waals surface area contributed by atoms with Crippen LogP contribution in [0.4, 0.5) is 0 Å². The summed E-state index contributed by atoms with van der Waals surface area (Å²) in [5.41, 5.74) is 0.459. The average molecular weight is 255 g/mol. The molecular formula is C12H15ClN2O2. The first-order valence-corrected chi connectivity index (χ1v) is 5.66. The number of nitrogens with one attached hydrogen (secondary N) is 1. The van der Waals surface area contributed by atoms with Crippen LogP contribution in [-0.4, -0.2) is 36.9 Å². The van der Waals surface area contributed by atoms with E-state index in [1.54, 1.807) is 31.3 Å². The van der Waals surface area contributed by atoms with Crippen molar-refractivity contribution in [3.05, 3.63) is 34.9 Å². The number of hydrogen-bond donors (Lipinski definition) is 1. The molecule has 0 radical (unpaired) electrons. The second-order valence-electron chi connectivity index (χ2n) is 3.59. The average Bonchev–Trinajstić information content (AvgIpc) is 2.29. The zero-order valence-electron chi connectivity index (χ0n) is 9.87. The maximum absolute atomic E-state index is 12.0. The van der Waals surface area contributed by atoms with Crippen molar-refractivity contribution in [3.63, 3.8) is 0 Å². The minimum atomic E-state index is -0.301. The molecule has 2 amide bonds. The highest BCUT2D eigenvalue weighted by molar-refractivity contribution is 6.30. The number of carbonyl (C=O) groups is 2. The Bertz CT molecular complexity index is 403. The lowest BCUT2D eigenvalue weighted by Crippen LogP contribution is -2.39. The van der Waals surface area contributed by atoms with Gasteiger partial charge < -0.3 is 5.32 Å². The van der Waals surface area contributed by atoms with E-state index in [-0.39, 0.29) is 11.8 Å². The van der Waals surface area contributed by atoms with E-state index in [9.17, 15) is 9.59 Å². The van der Waals surface area contributed by atoms with Crippen LogP contribution in [0, 0.1) is 0 Å². The van der Waals surface area contributed by atoms with Crippen LogP contribution in [0.25, 0.3) is 0 Å². The number of benzene rings is 1. The van der Waals surface area contributed by atoms with Gasteiger partial charge in [0.1, 0.15) is 0 Å². The zero-order valence-corrected chi connectivity index (χ0v) is 10.6. The molecule has 1 aromatic rings. The SMILES string of the molecule is CNCCN(C(C)=O)C(=O)c1ccc(Cl)cc1. The Balaban J connectivity index is 2.84. The zero-order chi connectivity index (χ0) is 12.8. The topological polar surface area (TPSA) is 49.4 Å². The lowest BCUT2D eigenvalue weighted by molar-refractivity contribution is -0.126. The summed E-state index contributed by atoms with van der Waals surface area (Å²) in [6.07, 6.45) is 0. The van der Waals surface area contributed by atoms with Crippen molar-refractivity contribution >= 4 is 23.4 Å². The van der Waals surface area contributed by atoms with Gasteiger partial charge in [-0.2, -0.15) is 0 Å². The number of likely N-dealkylation sites (N-methyl/N-ethyl adjacent to an activating group) is 1. The fraction of sp³-hybridized carbons (Fsp3) is 0.333. The van der Waals surface area contributed by atoms with Gasteiger partial charge in [-0.25, -0.2) is 0 Å². The summed E-state index contributed by atoms with van der Waals surface area (Å²) in [6, 6.07) is 6.48. The standard InChI is InChI=1S/C12H15ClN2O2/c1-9(16)15(8-7-14-2)12(17)10-3-5-11(13)6-4-10/h3-6,14H,7-8H2,1-2H3. The fourth-order valence-corrected chi connectivity index (χ4v) is 1.50. The third-order valence-electron chi connectivity index (χ3n) is 2.30. The molecule has 0 fully saturated rings. The first kappa shape index (κ1) is 13.7. The molecule has 0 atom stereocenters. The Hall–Kier alpha value is -1.39. The van der Waals surface area contributed by atoms with Gasteiger partial charge in [-0.05, 0) is 31.3 Å². The van der Waals surface area contributed by atoms with E-state index < -0.39 is 0 Å². The minimum absolute atomic E-state index is 0.264. The van der Waals surface area contributed by atoms with Crippen LogP contribution in [0.15, 0.2) is 24.3 Å². The fourth-order valence-electron chi connectivity index (χ4n) is 1.37. The van der Waals surface area contributed by atoms with Crippen LogP contribution in [0.2, 0.25) is 5.02 Å². The molecule has 1 rings (SSSR count). The second-order valence-corrected chi connectivity index (χ2v) is 4.02. The molecule has 1 N–H and O–H groups in total. The third-order valence-corrected chi connectivity index (χ3v) is 2.55. The number of amides is 2. The van der Waals surface area contributed by atoms with Crippen LogP contribution in [0.3, 0.4) is 0 Å². The van der Waals surface area contributed by atoms with E-state index >= 15 is 0 Å². The van der Waals surface area contributed by atoms with Crippen molar-refractivity contribution in [2.24, 2.45) is 0 Å². The van der Waals surface area contributed by atoms with Gasteiger partial charge in [0.15, 0.2) is 0 Å². The summed E-state index contributed by atoms with van der Waals surface area (Å²) in [6.45, 7) is 2.30. The molecule has 1 aromatic carbocycles. The van der Waals surface area contributed by atoms with Gasteiger partial charge in [-0.3, -0.25) is 14.5 Å². The minimum Gasteiger partial charge on any atom is -0.318 e. The summed E-state index contributed by atoms with van der Waals surface area (Å²) in [5, 5.41) is 3.46. The molecule has 0 aromatic heterocycles. The van der Waals surface area contributed by atoms with Crippen molar-refractivity contribution in [2.75, 3.05) is 20.1 Å². The Morgan fingerprint density at radius 1 is 1.29 bits per heavy atom.